The van der Waals surface area contributed by atoms with Crippen LogP contribution in [0.4, 0.5) is 0 Å². The molecule has 5 heteroatoms. The molecular weight excluding hydrogens is 372 g/mol. The van der Waals surface area contributed by atoms with Gasteiger partial charge < -0.3 is 5.32 Å². The molecule has 2 rings (SSSR count). The summed E-state index contributed by atoms with van der Waals surface area (Å²) in [5.74, 6) is -0.198. The molecule has 0 unspecified atom stereocenters. The zero-order valence-electron chi connectivity index (χ0n) is 10.4. The second-order valence-electron chi connectivity index (χ2n) is 4.83. The Balaban J connectivity index is 2.20. The Hall–Kier alpha value is -0.860. The molecule has 3 nitrogen and oxygen atoms in total. The van der Waals surface area contributed by atoms with Crippen LogP contribution in [0, 0.1) is 11.3 Å². The fraction of sp³-hybridized carbons (Fsp3) is 0.429. The van der Waals surface area contributed by atoms with Gasteiger partial charge in [0.2, 0.25) is 0 Å². The quantitative estimate of drug-likeness (QED) is 0.830. The van der Waals surface area contributed by atoms with E-state index in [0.717, 1.165) is 41.0 Å². The Labute approximate surface area is 129 Å². The molecule has 100 valence electrons. The van der Waals surface area contributed by atoms with Crippen molar-refractivity contribution in [3.05, 3.63) is 32.7 Å². The fourth-order valence-electron chi connectivity index (χ4n) is 2.38. The Bertz CT molecular complexity index is 531. The largest absolute Gasteiger partial charge is 0.334 e. The smallest absolute Gasteiger partial charge is 0.253 e. The number of amides is 1. The van der Waals surface area contributed by atoms with Crippen molar-refractivity contribution in [2.75, 3.05) is 0 Å². The monoisotopic (exact) mass is 384 g/mol. The highest BCUT2D eigenvalue weighted by Gasteiger charge is 2.34. The van der Waals surface area contributed by atoms with E-state index in [-0.39, 0.29) is 5.91 Å². The standard InChI is InChI=1S/C14H14Br2N2O/c15-10-4-5-12(16)11(8-10)13(19)18-14(9-17)6-2-1-3-7-14/h4-5,8H,1-3,6-7H2,(H,18,19). The summed E-state index contributed by atoms with van der Waals surface area (Å²) >= 11 is 6.73. The normalized spacial score (nSPS) is 17.5. The average molecular weight is 386 g/mol. The Kier molecular flexibility index (Phi) is 4.64. The first-order valence-corrected chi connectivity index (χ1v) is 7.84. The van der Waals surface area contributed by atoms with Crippen LogP contribution in [0.25, 0.3) is 0 Å². The van der Waals surface area contributed by atoms with Crippen molar-refractivity contribution in [1.29, 1.82) is 5.26 Å². The van der Waals surface area contributed by atoms with E-state index in [2.05, 4.69) is 43.2 Å². The van der Waals surface area contributed by atoms with E-state index in [1.807, 2.05) is 12.1 Å². The summed E-state index contributed by atoms with van der Waals surface area (Å²) < 4.78 is 1.58. The molecule has 19 heavy (non-hydrogen) atoms. The summed E-state index contributed by atoms with van der Waals surface area (Å²) in [6, 6.07) is 7.73. The van der Waals surface area contributed by atoms with Gasteiger partial charge in [0.15, 0.2) is 0 Å². The molecular formula is C14H14Br2N2O. The maximum atomic E-state index is 12.3. The van der Waals surface area contributed by atoms with Crippen LogP contribution in [-0.2, 0) is 0 Å². The second-order valence-corrected chi connectivity index (χ2v) is 6.60. The summed E-state index contributed by atoms with van der Waals surface area (Å²) in [4.78, 5) is 12.3. The van der Waals surface area contributed by atoms with Gasteiger partial charge in [-0.15, -0.1) is 0 Å². The Morgan fingerprint density at radius 2 is 1.95 bits per heavy atom. The molecule has 0 spiro atoms. The predicted octanol–water partition coefficient (Wildman–Crippen LogP) is 4.17. The first-order chi connectivity index (χ1) is 9.06. The van der Waals surface area contributed by atoms with Crippen molar-refractivity contribution in [3.63, 3.8) is 0 Å². The van der Waals surface area contributed by atoms with Crippen LogP contribution < -0.4 is 5.32 Å². The molecule has 1 aliphatic carbocycles. The zero-order chi connectivity index (χ0) is 13.9. The second kappa shape index (κ2) is 6.06. The third-order valence-electron chi connectivity index (χ3n) is 3.45. The van der Waals surface area contributed by atoms with Gasteiger partial charge in [-0.3, -0.25) is 4.79 Å². The van der Waals surface area contributed by atoms with Crippen LogP contribution in [0.2, 0.25) is 0 Å². The molecule has 1 fully saturated rings. The fourth-order valence-corrected chi connectivity index (χ4v) is 3.16. The summed E-state index contributed by atoms with van der Waals surface area (Å²) in [7, 11) is 0. The van der Waals surface area contributed by atoms with Gasteiger partial charge in [0.05, 0.1) is 11.6 Å². The van der Waals surface area contributed by atoms with E-state index in [0.29, 0.717) is 5.56 Å². The number of nitrogens with zero attached hydrogens (tertiary/aromatic N) is 1. The van der Waals surface area contributed by atoms with Gasteiger partial charge in [-0.05, 0) is 47.0 Å². The van der Waals surface area contributed by atoms with E-state index in [1.54, 1.807) is 6.07 Å². The van der Waals surface area contributed by atoms with Gasteiger partial charge in [-0.25, -0.2) is 0 Å². The van der Waals surface area contributed by atoms with E-state index in [9.17, 15) is 10.1 Å². The molecule has 0 bridgehead atoms. The van der Waals surface area contributed by atoms with Crippen molar-refractivity contribution >= 4 is 37.8 Å². The summed E-state index contributed by atoms with van der Waals surface area (Å²) in [5.41, 5.74) is -0.147. The van der Waals surface area contributed by atoms with Gasteiger partial charge in [0, 0.05) is 8.95 Å². The van der Waals surface area contributed by atoms with E-state index in [4.69, 9.17) is 0 Å². The van der Waals surface area contributed by atoms with Crippen molar-refractivity contribution in [1.82, 2.24) is 5.32 Å². The Morgan fingerprint density at radius 3 is 2.58 bits per heavy atom. The molecule has 1 aromatic rings. The number of hydrogen-bond acceptors (Lipinski definition) is 2. The first-order valence-electron chi connectivity index (χ1n) is 6.25. The van der Waals surface area contributed by atoms with Crippen LogP contribution in [0.5, 0.6) is 0 Å². The minimum absolute atomic E-state index is 0.198. The maximum Gasteiger partial charge on any atom is 0.253 e. The minimum atomic E-state index is -0.697. The maximum absolute atomic E-state index is 12.3. The SMILES string of the molecule is N#CC1(NC(=O)c2cc(Br)ccc2Br)CCCCC1. The number of nitrogens with one attached hydrogen (secondary N) is 1. The van der Waals surface area contributed by atoms with Crippen molar-refractivity contribution < 1.29 is 4.79 Å². The lowest BCUT2D eigenvalue weighted by Gasteiger charge is -2.31. The molecule has 0 atom stereocenters. The lowest BCUT2D eigenvalue weighted by atomic mass is 9.82. The van der Waals surface area contributed by atoms with E-state index < -0.39 is 5.54 Å². The van der Waals surface area contributed by atoms with E-state index >= 15 is 0 Å². The number of carbonyl (C=O) groups is 1. The molecule has 1 saturated carbocycles. The van der Waals surface area contributed by atoms with Crippen molar-refractivity contribution in [3.8, 4) is 6.07 Å². The first kappa shape index (κ1) is 14.5. The molecule has 1 aromatic carbocycles. The highest BCUT2D eigenvalue weighted by molar-refractivity contribution is 9.11. The van der Waals surface area contributed by atoms with Crippen LogP contribution >= 0.6 is 31.9 Å². The van der Waals surface area contributed by atoms with Crippen LogP contribution in [0.1, 0.15) is 42.5 Å². The molecule has 1 N–H and O–H groups in total. The van der Waals surface area contributed by atoms with Crippen molar-refractivity contribution in [2.45, 2.75) is 37.6 Å². The van der Waals surface area contributed by atoms with Crippen LogP contribution in [0.15, 0.2) is 27.1 Å². The van der Waals surface area contributed by atoms with Gasteiger partial charge in [0.1, 0.15) is 5.54 Å². The van der Waals surface area contributed by atoms with Crippen molar-refractivity contribution in [2.24, 2.45) is 0 Å². The number of halogens is 2. The predicted molar refractivity (Wildman–Crippen MR) is 80.7 cm³/mol. The number of carbonyl (C=O) groups excluding carboxylic acids is 1. The highest BCUT2D eigenvalue weighted by atomic mass is 79.9. The number of rotatable bonds is 2. The number of hydrogen-bond donors (Lipinski definition) is 1. The molecule has 1 amide bonds. The number of nitriles is 1. The molecule has 0 saturated heterocycles. The van der Waals surface area contributed by atoms with Gasteiger partial charge >= 0.3 is 0 Å². The molecule has 0 aromatic heterocycles. The van der Waals surface area contributed by atoms with Gasteiger partial charge in [-0.1, -0.05) is 35.2 Å². The lowest BCUT2D eigenvalue weighted by molar-refractivity contribution is 0.0902. The minimum Gasteiger partial charge on any atom is -0.334 e. The molecule has 0 radical (unpaired) electrons. The van der Waals surface area contributed by atoms with Gasteiger partial charge in [0.25, 0.3) is 5.91 Å². The zero-order valence-corrected chi connectivity index (χ0v) is 13.6. The summed E-state index contributed by atoms with van der Waals surface area (Å²) in [5, 5.41) is 12.3. The third kappa shape index (κ3) is 3.37. The van der Waals surface area contributed by atoms with E-state index in [1.165, 1.54) is 0 Å². The van der Waals surface area contributed by atoms with Gasteiger partial charge in [-0.2, -0.15) is 5.26 Å². The lowest BCUT2D eigenvalue weighted by Crippen LogP contribution is -2.48. The third-order valence-corrected chi connectivity index (χ3v) is 4.63. The average Bonchev–Trinajstić information content (AvgIpc) is 2.42. The summed E-state index contributed by atoms with van der Waals surface area (Å²) in [6.45, 7) is 0. The summed E-state index contributed by atoms with van der Waals surface area (Å²) in [6.07, 6.45) is 4.60. The number of benzene rings is 1. The van der Waals surface area contributed by atoms with Crippen LogP contribution in [-0.4, -0.2) is 11.4 Å². The molecule has 0 aliphatic heterocycles. The highest BCUT2D eigenvalue weighted by Crippen LogP contribution is 2.29. The van der Waals surface area contributed by atoms with Crippen LogP contribution in [0.3, 0.4) is 0 Å². The topological polar surface area (TPSA) is 52.9 Å². The molecule has 0 heterocycles. The Morgan fingerprint density at radius 1 is 1.26 bits per heavy atom. The molecule has 1 aliphatic rings.